The van der Waals surface area contributed by atoms with Gasteiger partial charge in [-0.2, -0.15) is 0 Å². The van der Waals surface area contributed by atoms with Gasteiger partial charge in [-0.3, -0.25) is 10.0 Å². The Hall–Kier alpha value is -2.11. The van der Waals surface area contributed by atoms with Crippen LogP contribution in [0.2, 0.25) is 0 Å². The first-order valence-corrected chi connectivity index (χ1v) is 8.51. The largest absolute Gasteiger partial charge is 0.343 e. The van der Waals surface area contributed by atoms with Crippen molar-refractivity contribution in [2.45, 2.75) is 32.2 Å². The summed E-state index contributed by atoms with van der Waals surface area (Å²) >= 11 is 0. The molecule has 0 saturated heterocycles. The molecule has 0 saturated carbocycles. The average molecular weight is 327 g/mol. The summed E-state index contributed by atoms with van der Waals surface area (Å²) in [5, 5.41) is 9.89. The molecule has 1 amide bonds. The average Bonchev–Trinajstić information content (AvgIpc) is 2.91. The van der Waals surface area contributed by atoms with Gasteiger partial charge in [0.15, 0.2) is 0 Å². The summed E-state index contributed by atoms with van der Waals surface area (Å²) in [7, 11) is 4.21. The van der Waals surface area contributed by atoms with Crippen LogP contribution < -0.4 is 5.48 Å². The van der Waals surface area contributed by atoms with E-state index in [1.54, 1.807) is 11.6 Å². The molecule has 0 bridgehead atoms. The lowest BCUT2D eigenvalue weighted by Crippen LogP contribution is -2.20. The number of hydroxylamine groups is 1. The molecular weight excluding hydrogens is 302 g/mol. The smallest absolute Gasteiger partial charge is 0.267 e. The third-order valence-electron chi connectivity index (χ3n) is 4.71. The number of benzene rings is 1. The maximum Gasteiger partial charge on any atom is 0.267 e. The van der Waals surface area contributed by atoms with Gasteiger partial charge in [-0.25, -0.2) is 5.48 Å². The molecule has 0 spiro atoms. The summed E-state index contributed by atoms with van der Waals surface area (Å²) in [6.45, 7) is 2.02. The number of fused-ring (bicyclic) bond motifs is 3. The van der Waals surface area contributed by atoms with E-state index >= 15 is 0 Å². The maximum absolute atomic E-state index is 11.2. The highest BCUT2D eigenvalue weighted by Gasteiger charge is 2.19. The number of hydrogen-bond donors (Lipinski definition) is 2. The summed E-state index contributed by atoms with van der Waals surface area (Å²) < 4.78 is 2.47. The number of aryl methyl sites for hydroxylation is 1. The van der Waals surface area contributed by atoms with Crippen molar-refractivity contribution in [1.82, 2.24) is 14.9 Å². The van der Waals surface area contributed by atoms with Gasteiger partial charge in [0, 0.05) is 35.8 Å². The van der Waals surface area contributed by atoms with E-state index in [-0.39, 0.29) is 0 Å². The SMILES string of the molecule is CN(C)CCn1c2c(c3cc(/C=C/C(=O)NO)ccc31)CCCC2. The zero-order valence-electron chi connectivity index (χ0n) is 14.4. The summed E-state index contributed by atoms with van der Waals surface area (Å²) in [4.78, 5) is 13.4. The second kappa shape index (κ2) is 7.20. The van der Waals surface area contributed by atoms with E-state index in [9.17, 15) is 4.79 Å². The van der Waals surface area contributed by atoms with E-state index in [0.717, 1.165) is 31.5 Å². The first-order chi connectivity index (χ1) is 11.6. The molecule has 1 aliphatic rings. The predicted molar refractivity (Wildman–Crippen MR) is 96.1 cm³/mol. The molecule has 0 atom stereocenters. The van der Waals surface area contributed by atoms with Gasteiger partial charge in [0.25, 0.3) is 5.91 Å². The van der Waals surface area contributed by atoms with Crippen LogP contribution in [0, 0.1) is 0 Å². The standard InChI is InChI=1S/C19H25N3O2/c1-21(2)11-12-22-17-6-4-3-5-15(17)16-13-14(7-9-18(16)22)8-10-19(23)20-24/h7-10,13,24H,3-6,11-12H2,1-2H3,(H,20,23)/b10-8+. The van der Waals surface area contributed by atoms with Gasteiger partial charge >= 0.3 is 0 Å². The van der Waals surface area contributed by atoms with Crippen LogP contribution in [0.3, 0.4) is 0 Å². The molecule has 3 rings (SSSR count). The zero-order valence-corrected chi connectivity index (χ0v) is 14.4. The number of aromatic nitrogens is 1. The Balaban J connectivity index is 2.02. The second-order valence-corrected chi connectivity index (χ2v) is 6.67. The maximum atomic E-state index is 11.2. The zero-order chi connectivity index (χ0) is 17.1. The van der Waals surface area contributed by atoms with Crippen molar-refractivity contribution in [2.75, 3.05) is 20.6 Å². The minimum atomic E-state index is -0.513. The van der Waals surface area contributed by atoms with Crippen molar-refractivity contribution in [1.29, 1.82) is 0 Å². The Morgan fingerprint density at radius 1 is 1.33 bits per heavy atom. The summed E-state index contributed by atoms with van der Waals surface area (Å²) in [5.74, 6) is -0.513. The highest BCUT2D eigenvalue weighted by atomic mass is 16.5. The molecule has 0 fully saturated rings. The highest BCUT2D eigenvalue weighted by Crippen LogP contribution is 2.33. The molecule has 1 aromatic carbocycles. The number of nitrogens with zero attached hydrogens (tertiary/aromatic N) is 2. The molecule has 1 aromatic heterocycles. The van der Waals surface area contributed by atoms with Crippen LogP contribution >= 0.6 is 0 Å². The number of nitrogens with one attached hydrogen (secondary N) is 1. The van der Waals surface area contributed by atoms with Crippen molar-refractivity contribution < 1.29 is 10.0 Å². The number of carbonyl (C=O) groups is 1. The topological polar surface area (TPSA) is 57.5 Å². The van der Waals surface area contributed by atoms with Gasteiger partial charge in [0.1, 0.15) is 0 Å². The first kappa shape index (κ1) is 16.7. The Morgan fingerprint density at radius 3 is 2.88 bits per heavy atom. The molecule has 24 heavy (non-hydrogen) atoms. The van der Waals surface area contributed by atoms with Gasteiger partial charge in [0.2, 0.25) is 0 Å². The number of amides is 1. The van der Waals surface area contributed by atoms with E-state index < -0.39 is 5.91 Å². The number of carbonyl (C=O) groups excluding carboxylic acids is 1. The predicted octanol–water partition coefficient (Wildman–Crippen LogP) is 2.60. The lowest BCUT2D eigenvalue weighted by molar-refractivity contribution is -0.124. The number of likely N-dealkylation sites (N-methyl/N-ethyl adjacent to an activating group) is 1. The third kappa shape index (κ3) is 3.37. The number of hydrogen-bond acceptors (Lipinski definition) is 3. The van der Waals surface area contributed by atoms with Crippen LogP contribution in [-0.2, 0) is 24.2 Å². The molecule has 128 valence electrons. The van der Waals surface area contributed by atoms with E-state index in [4.69, 9.17) is 5.21 Å². The number of rotatable bonds is 5. The molecule has 1 heterocycles. The molecule has 0 aliphatic heterocycles. The van der Waals surface area contributed by atoms with Crippen molar-refractivity contribution in [3.05, 3.63) is 41.1 Å². The van der Waals surface area contributed by atoms with Gasteiger partial charge in [-0.1, -0.05) is 6.07 Å². The van der Waals surface area contributed by atoms with Gasteiger partial charge < -0.3 is 9.47 Å². The minimum absolute atomic E-state index is 0.513. The second-order valence-electron chi connectivity index (χ2n) is 6.67. The van der Waals surface area contributed by atoms with Crippen LogP contribution in [-0.4, -0.2) is 41.2 Å². The molecule has 5 heteroatoms. The monoisotopic (exact) mass is 327 g/mol. The van der Waals surface area contributed by atoms with Crippen molar-refractivity contribution >= 4 is 22.9 Å². The molecule has 5 nitrogen and oxygen atoms in total. The van der Waals surface area contributed by atoms with Crippen molar-refractivity contribution in [3.63, 3.8) is 0 Å². The Bertz CT molecular complexity index is 775. The van der Waals surface area contributed by atoms with Gasteiger partial charge in [0.05, 0.1) is 0 Å². The minimum Gasteiger partial charge on any atom is -0.343 e. The van der Waals surface area contributed by atoms with Crippen LogP contribution in [0.4, 0.5) is 0 Å². The molecule has 0 radical (unpaired) electrons. The quantitative estimate of drug-likeness (QED) is 0.504. The van der Waals surface area contributed by atoms with Crippen molar-refractivity contribution in [2.24, 2.45) is 0 Å². The Morgan fingerprint density at radius 2 is 2.12 bits per heavy atom. The van der Waals surface area contributed by atoms with E-state index in [1.165, 1.54) is 41.1 Å². The van der Waals surface area contributed by atoms with E-state index in [0.29, 0.717) is 0 Å². The lowest BCUT2D eigenvalue weighted by Gasteiger charge is -2.17. The van der Waals surface area contributed by atoms with Crippen LogP contribution in [0.15, 0.2) is 24.3 Å². The fourth-order valence-electron chi connectivity index (χ4n) is 3.52. The lowest BCUT2D eigenvalue weighted by atomic mass is 9.95. The van der Waals surface area contributed by atoms with Crippen LogP contribution in [0.1, 0.15) is 29.7 Å². The highest BCUT2D eigenvalue weighted by molar-refractivity contribution is 5.93. The van der Waals surface area contributed by atoms with Gasteiger partial charge in [-0.15, -0.1) is 0 Å². The Kier molecular flexibility index (Phi) is 5.02. The molecule has 2 aromatic rings. The van der Waals surface area contributed by atoms with E-state index in [2.05, 4.69) is 35.7 Å². The third-order valence-corrected chi connectivity index (χ3v) is 4.71. The Labute approximate surface area is 142 Å². The fraction of sp³-hybridized carbons (Fsp3) is 0.421. The van der Waals surface area contributed by atoms with E-state index in [1.807, 2.05) is 6.07 Å². The first-order valence-electron chi connectivity index (χ1n) is 8.51. The van der Waals surface area contributed by atoms with Gasteiger partial charge in [-0.05, 0) is 69.1 Å². The summed E-state index contributed by atoms with van der Waals surface area (Å²) in [6.07, 6.45) is 7.86. The van der Waals surface area contributed by atoms with Crippen molar-refractivity contribution in [3.8, 4) is 0 Å². The summed E-state index contributed by atoms with van der Waals surface area (Å²) in [5.41, 5.74) is 6.83. The normalized spacial score (nSPS) is 14.5. The molecule has 0 unspecified atom stereocenters. The molecule has 1 aliphatic carbocycles. The molecular formula is C19H25N3O2. The summed E-state index contributed by atoms with van der Waals surface area (Å²) in [6, 6.07) is 6.34. The van der Waals surface area contributed by atoms with Crippen LogP contribution in [0.25, 0.3) is 17.0 Å². The fourth-order valence-corrected chi connectivity index (χ4v) is 3.52. The van der Waals surface area contributed by atoms with Crippen LogP contribution in [0.5, 0.6) is 0 Å². The molecule has 2 N–H and O–H groups in total.